The summed E-state index contributed by atoms with van der Waals surface area (Å²) >= 11 is 1.58. The van der Waals surface area contributed by atoms with Gasteiger partial charge in [-0.2, -0.15) is 5.10 Å². The van der Waals surface area contributed by atoms with E-state index in [4.69, 9.17) is 4.74 Å². The Hall–Kier alpha value is -2.74. The van der Waals surface area contributed by atoms with Gasteiger partial charge in [0, 0.05) is 7.05 Å². The molecule has 8 heteroatoms. The maximum atomic E-state index is 12.3. The van der Waals surface area contributed by atoms with Gasteiger partial charge in [0.15, 0.2) is 0 Å². The van der Waals surface area contributed by atoms with Crippen molar-refractivity contribution in [2.45, 2.75) is 0 Å². The lowest BCUT2D eigenvalue weighted by Gasteiger charge is -2.04. The minimum absolute atomic E-state index is 0.249. The molecule has 0 unspecified atom stereocenters. The fourth-order valence-corrected chi connectivity index (χ4v) is 2.59. The second-order valence-corrected chi connectivity index (χ2v) is 5.38. The summed E-state index contributed by atoms with van der Waals surface area (Å²) in [4.78, 5) is 21.2. The van der Waals surface area contributed by atoms with E-state index in [2.05, 4.69) is 20.4 Å². The second-order valence-electron chi connectivity index (χ2n) is 4.43. The average Bonchev–Trinajstić information content (AvgIpc) is 3.17. The number of rotatable bonds is 4. The molecule has 0 aliphatic rings. The van der Waals surface area contributed by atoms with Crippen molar-refractivity contribution in [2.24, 2.45) is 7.05 Å². The van der Waals surface area contributed by atoms with Crippen molar-refractivity contribution >= 4 is 22.9 Å². The SMILES string of the molecule is COc1ncc(NC(=O)c2cc(-c3cccs3)nn2C)cn1. The third kappa shape index (κ3) is 2.82. The highest BCUT2D eigenvalue weighted by atomic mass is 32.1. The lowest BCUT2D eigenvalue weighted by molar-refractivity contribution is 0.101. The van der Waals surface area contributed by atoms with Crippen molar-refractivity contribution in [1.29, 1.82) is 0 Å². The van der Waals surface area contributed by atoms with Crippen LogP contribution in [-0.2, 0) is 7.05 Å². The van der Waals surface area contributed by atoms with Crippen LogP contribution in [0.4, 0.5) is 5.69 Å². The number of aromatic nitrogens is 4. The summed E-state index contributed by atoms with van der Waals surface area (Å²) in [7, 11) is 3.21. The Morgan fingerprint density at radius 2 is 2.14 bits per heavy atom. The Morgan fingerprint density at radius 1 is 1.36 bits per heavy atom. The third-order valence-corrected chi connectivity index (χ3v) is 3.85. The quantitative estimate of drug-likeness (QED) is 0.798. The largest absolute Gasteiger partial charge is 0.467 e. The molecule has 22 heavy (non-hydrogen) atoms. The molecule has 3 rings (SSSR count). The molecule has 7 nitrogen and oxygen atoms in total. The van der Waals surface area contributed by atoms with Gasteiger partial charge in [0.2, 0.25) is 0 Å². The van der Waals surface area contributed by atoms with Crippen LogP contribution in [0.3, 0.4) is 0 Å². The van der Waals surface area contributed by atoms with Gasteiger partial charge in [-0.1, -0.05) is 6.07 Å². The molecule has 112 valence electrons. The number of aryl methyl sites for hydroxylation is 1. The number of anilines is 1. The highest BCUT2D eigenvalue weighted by Crippen LogP contribution is 2.24. The second kappa shape index (κ2) is 5.94. The molecule has 0 saturated heterocycles. The normalized spacial score (nSPS) is 10.5. The Labute approximate surface area is 130 Å². The van der Waals surface area contributed by atoms with Gasteiger partial charge >= 0.3 is 6.01 Å². The smallest absolute Gasteiger partial charge is 0.316 e. The van der Waals surface area contributed by atoms with Gasteiger partial charge in [0.05, 0.1) is 30.1 Å². The first-order chi connectivity index (χ1) is 10.7. The monoisotopic (exact) mass is 315 g/mol. The Balaban J connectivity index is 1.80. The highest BCUT2D eigenvalue weighted by molar-refractivity contribution is 7.13. The number of ether oxygens (including phenoxy) is 1. The topological polar surface area (TPSA) is 81.9 Å². The lowest BCUT2D eigenvalue weighted by Crippen LogP contribution is -2.16. The zero-order valence-corrected chi connectivity index (χ0v) is 12.8. The number of nitrogens with zero attached hydrogens (tertiary/aromatic N) is 4. The van der Waals surface area contributed by atoms with E-state index < -0.39 is 0 Å². The van der Waals surface area contributed by atoms with E-state index in [0.29, 0.717) is 11.4 Å². The molecule has 3 heterocycles. The summed E-state index contributed by atoms with van der Waals surface area (Å²) in [6.45, 7) is 0. The van der Waals surface area contributed by atoms with E-state index >= 15 is 0 Å². The van der Waals surface area contributed by atoms with Crippen LogP contribution in [0.15, 0.2) is 36.0 Å². The Bertz CT molecular complexity index is 780. The van der Waals surface area contributed by atoms with Gasteiger partial charge < -0.3 is 10.1 Å². The first-order valence-corrected chi connectivity index (χ1v) is 7.30. The van der Waals surface area contributed by atoms with Crippen molar-refractivity contribution in [3.05, 3.63) is 41.7 Å². The number of carbonyl (C=O) groups excluding carboxylic acids is 1. The van der Waals surface area contributed by atoms with Gasteiger partial charge in [-0.15, -0.1) is 11.3 Å². The summed E-state index contributed by atoms with van der Waals surface area (Å²) in [6.07, 6.45) is 2.97. The van der Waals surface area contributed by atoms with E-state index in [1.165, 1.54) is 19.5 Å². The van der Waals surface area contributed by atoms with Crippen molar-refractivity contribution in [1.82, 2.24) is 19.7 Å². The number of methoxy groups -OCH3 is 1. The zero-order valence-electron chi connectivity index (χ0n) is 12.0. The molecular formula is C14H13N5O2S. The first kappa shape index (κ1) is 14.2. The van der Waals surface area contributed by atoms with E-state index in [-0.39, 0.29) is 11.9 Å². The van der Waals surface area contributed by atoms with Crippen LogP contribution in [0, 0.1) is 0 Å². The van der Waals surface area contributed by atoms with Crippen LogP contribution in [0.1, 0.15) is 10.5 Å². The molecule has 0 aliphatic carbocycles. The fraction of sp³-hybridized carbons (Fsp3) is 0.143. The number of hydrogen-bond donors (Lipinski definition) is 1. The summed E-state index contributed by atoms with van der Waals surface area (Å²) in [5, 5.41) is 9.06. The molecule has 0 aromatic carbocycles. The maximum absolute atomic E-state index is 12.3. The van der Waals surface area contributed by atoms with E-state index in [1.807, 2.05) is 17.5 Å². The van der Waals surface area contributed by atoms with E-state index in [0.717, 1.165) is 10.6 Å². The predicted octanol–water partition coefficient (Wildman–Crippen LogP) is 2.20. The molecule has 0 fully saturated rings. The Kier molecular flexibility index (Phi) is 3.84. The van der Waals surface area contributed by atoms with E-state index in [9.17, 15) is 4.79 Å². The van der Waals surface area contributed by atoms with Crippen LogP contribution in [0.25, 0.3) is 10.6 Å². The van der Waals surface area contributed by atoms with Gasteiger partial charge in [-0.05, 0) is 17.5 Å². The summed E-state index contributed by atoms with van der Waals surface area (Å²) in [5.41, 5.74) is 1.72. The summed E-state index contributed by atoms with van der Waals surface area (Å²) < 4.78 is 6.43. The summed E-state index contributed by atoms with van der Waals surface area (Å²) in [6, 6.07) is 5.92. The molecule has 0 atom stereocenters. The van der Waals surface area contributed by atoms with Crippen LogP contribution >= 0.6 is 11.3 Å². The predicted molar refractivity (Wildman–Crippen MR) is 83.1 cm³/mol. The van der Waals surface area contributed by atoms with Gasteiger partial charge in [-0.25, -0.2) is 9.97 Å². The molecule has 1 N–H and O–H groups in total. The fourth-order valence-electron chi connectivity index (χ4n) is 1.91. The highest BCUT2D eigenvalue weighted by Gasteiger charge is 2.15. The van der Waals surface area contributed by atoms with Gasteiger partial charge in [-0.3, -0.25) is 9.48 Å². The zero-order chi connectivity index (χ0) is 15.5. The average molecular weight is 315 g/mol. The molecule has 0 aliphatic heterocycles. The molecular weight excluding hydrogens is 302 g/mol. The van der Waals surface area contributed by atoms with Crippen LogP contribution < -0.4 is 10.1 Å². The van der Waals surface area contributed by atoms with Crippen molar-refractivity contribution in [2.75, 3.05) is 12.4 Å². The van der Waals surface area contributed by atoms with Crippen molar-refractivity contribution in [3.8, 4) is 16.6 Å². The van der Waals surface area contributed by atoms with Crippen LogP contribution in [0.5, 0.6) is 6.01 Å². The van der Waals surface area contributed by atoms with Crippen molar-refractivity contribution in [3.63, 3.8) is 0 Å². The van der Waals surface area contributed by atoms with Gasteiger partial charge in [0.25, 0.3) is 5.91 Å². The van der Waals surface area contributed by atoms with E-state index in [1.54, 1.807) is 29.1 Å². The molecule has 0 bridgehead atoms. The molecule has 3 aromatic rings. The minimum Gasteiger partial charge on any atom is -0.467 e. The van der Waals surface area contributed by atoms with Crippen LogP contribution in [0.2, 0.25) is 0 Å². The third-order valence-electron chi connectivity index (χ3n) is 2.95. The minimum atomic E-state index is -0.272. The molecule has 0 saturated carbocycles. The molecule has 0 spiro atoms. The molecule has 3 aromatic heterocycles. The first-order valence-electron chi connectivity index (χ1n) is 6.42. The van der Waals surface area contributed by atoms with Crippen molar-refractivity contribution < 1.29 is 9.53 Å². The summed E-state index contributed by atoms with van der Waals surface area (Å²) in [5.74, 6) is -0.272. The Morgan fingerprint density at radius 3 is 2.77 bits per heavy atom. The number of amides is 1. The standard InChI is InChI=1S/C14H13N5O2S/c1-19-11(6-10(18-19)12-4-3-5-22-12)13(20)17-9-7-15-14(21-2)16-8-9/h3-8H,1-2H3,(H,17,20). The number of hydrogen-bond acceptors (Lipinski definition) is 6. The number of nitrogens with one attached hydrogen (secondary N) is 1. The van der Waals surface area contributed by atoms with Gasteiger partial charge in [0.1, 0.15) is 11.4 Å². The number of thiophene rings is 1. The molecule has 1 amide bonds. The number of carbonyl (C=O) groups is 1. The maximum Gasteiger partial charge on any atom is 0.316 e. The lowest BCUT2D eigenvalue weighted by atomic mass is 10.3. The van der Waals surface area contributed by atoms with Crippen LogP contribution in [-0.4, -0.2) is 32.8 Å². The molecule has 0 radical (unpaired) electrons.